The summed E-state index contributed by atoms with van der Waals surface area (Å²) in [5.74, 6) is 0.457. The van der Waals surface area contributed by atoms with Crippen LogP contribution in [0.4, 0.5) is 4.39 Å². The molecule has 162 valence electrons. The Morgan fingerprint density at radius 2 is 1.83 bits per heavy atom. The topological polar surface area (TPSA) is 49.4 Å². The number of nitrogens with zero attached hydrogens (tertiary/aromatic N) is 1. The van der Waals surface area contributed by atoms with Crippen molar-refractivity contribution >= 4 is 23.6 Å². The lowest BCUT2D eigenvalue weighted by molar-refractivity contribution is -0.138. The normalized spacial score (nSPS) is 11.9. The highest BCUT2D eigenvalue weighted by Gasteiger charge is 2.26. The average Bonchev–Trinajstić information content (AvgIpc) is 2.70. The van der Waals surface area contributed by atoms with Crippen LogP contribution >= 0.6 is 11.8 Å². The van der Waals surface area contributed by atoms with E-state index in [1.807, 2.05) is 39.0 Å². The van der Waals surface area contributed by atoms with Gasteiger partial charge in [0.1, 0.15) is 11.9 Å². The van der Waals surface area contributed by atoms with E-state index in [-0.39, 0.29) is 29.9 Å². The van der Waals surface area contributed by atoms with Gasteiger partial charge in [-0.1, -0.05) is 61.9 Å². The molecule has 4 nitrogen and oxygen atoms in total. The Kier molecular flexibility index (Phi) is 9.37. The number of amides is 2. The molecule has 6 heteroatoms. The molecular formula is C24H31FN2O2S. The molecule has 0 aliphatic rings. The minimum atomic E-state index is -0.685. The first kappa shape index (κ1) is 23.9. The van der Waals surface area contributed by atoms with Gasteiger partial charge in [0.2, 0.25) is 11.8 Å². The monoisotopic (exact) mass is 430 g/mol. The number of benzene rings is 2. The largest absolute Gasteiger partial charge is 0.354 e. The number of hydrogen-bond donors (Lipinski definition) is 1. The number of aryl methyl sites for hydroxylation is 1. The van der Waals surface area contributed by atoms with Crippen LogP contribution in [0.5, 0.6) is 0 Å². The van der Waals surface area contributed by atoms with Crippen molar-refractivity contribution in [3.63, 3.8) is 0 Å². The molecule has 1 atom stereocenters. The zero-order valence-electron chi connectivity index (χ0n) is 18.2. The van der Waals surface area contributed by atoms with E-state index in [0.29, 0.717) is 23.8 Å². The third kappa shape index (κ3) is 7.48. The lowest BCUT2D eigenvalue weighted by Crippen LogP contribution is -2.48. The van der Waals surface area contributed by atoms with Crippen molar-refractivity contribution in [2.24, 2.45) is 5.92 Å². The molecule has 0 radical (unpaired) electrons. The van der Waals surface area contributed by atoms with E-state index in [0.717, 1.165) is 5.56 Å². The summed E-state index contributed by atoms with van der Waals surface area (Å²) in [5.41, 5.74) is 2.73. The highest BCUT2D eigenvalue weighted by molar-refractivity contribution is 7.99. The van der Waals surface area contributed by atoms with Gasteiger partial charge < -0.3 is 10.2 Å². The van der Waals surface area contributed by atoms with Gasteiger partial charge >= 0.3 is 0 Å². The van der Waals surface area contributed by atoms with Gasteiger partial charge in [-0.25, -0.2) is 4.39 Å². The van der Waals surface area contributed by atoms with Crippen LogP contribution < -0.4 is 5.32 Å². The van der Waals surface area contributed by atoms with Crippen molar-refractivity contribution in [1.29, 1.82) is 0 Å². The van der Waals surface area contributed by atoms with Crippen molar-refractivity contribution in [3.8, 4) is 0 Å². The van der Waals surface area contributed by atoms with Crippen molar-refractivity contribution in [2.75, 3.05) is 12.3 Å². The Labute approximate surface area is 183 Å². The molecule has 2 aromatic carbocycles. The van der Waals surface area contributed by atoms with Crippen molar-refractivity contribution in [2.45, 2.75) is 46.0 Å². The second-order valence-corrected chi connectivity index (χ2v) is 8.90. The molecule has 0 unspecified atom stereocenters. The highest BCUT2D eigenvalue weighted by Crippen LogP contribution is 2.18. The maximum Gasteiger partial charge on any atom is 0.242 e. The molecule has 0 heterocycles. The first-order valence-corrected chi connectivity index (χ1v) is 11.4. The molecule has 2 amide bonds. The average molecular weight is 431 g/mol. The molecule has 1 N–H and O–H groups in total. The Morgan fingerprint density at radius 1 is 1.10 bits per heavy atom. The first-order chi connectivity index (χ1) is 14.3. The van der Waals surface area contributed by atoms with Crippen LogP contribution in [0.15, 0.2) is 48.5 Å². The summed E-state index contributed by atoms with van der Waals surface area (Å²) in [6.45, 7) is 8.34. The van der Waals surface area contributed by atoms with Crippen LogP contribution in [0.2, 0.25) is 0 Å². The fraction of sp³-hybridized carbons (Fsp3) is 0.417. The van der Waals surface area contributed by atoms with Crippen molar-refractivity contribution in [3.05, 3.63) is 71.0 Å². The van der Waals surface area contributed by atoms with E-state index in [4.69, 9.17) is 0 Å². The Hall–Kier alpha value is -2.34. The van der Waals surface area contributed by atoms with Gasteiger partial charge in [0.05, 0.1) is 5.75 Å². The lowest BCUT2D eigenvalue weighted by Gasteiger charge is -2.29. The highest BCUT2D eigenvalue weighted by atomic mass is 32.2. The minimum absolute atomic E-state index is 0.0623. The van der Waals surface area contributed by atoms with Crippen LogP contribution in [0.3, 0.4) is 0 Å². The molecule has 0 spiro atoms. The number of halogens is 1. The fourth-order valence-corrected chi connectivity index (χ4v) is 3.84. The molecule has 2 rings (SSSR count). The molecular weight excluding hydrogens is 399 g/mol. The maximum atomic E-state index is 14.2. The van der Waals surface area contributed by atoms with Gasteiger partial charge in [0, 0.05) is 24.4 Å². The van der Waals surface area contributed by atoms with E-state index in [9.17, 15) is 14.0 Å². The summed E-state index contributed by atoms with van der Waals surface area (Å²) in [4.78, 5) is 27.1. The van der Waals surface area contributed by atoms with E-state index >= 15 is 0 Å². The van der Waals surface area contributed by atoms with Gasteiger partial charge in [0.15, 0.2) is 0 Å². The quantitative estimate of drug-likeness (QED) is 0.601. The van der Waals surface area contributed by atoms with Crippen LogP contribution in [0.1, 0.15) is 37.5 Å². The smallest absolute Gasteiger partial charge is 0.242 e. The lowest BCUT2D eigenvalue weighted by atomic mass is 10.1. The van der Waals surface area contributed by atoms with Crippen molar-refractivity contribution in [1.82, 2.24) is 10.2 Å². The SMILES string of the molecule is Cc1cccc(CSCC(=O)N(Cc2ccccc2F)[C@H](C)C(=O)NCC(C)C)c1. The van der Waals surface area contributed by atoms with E-state index < -0.39 is 6.04 Å². The summed E-state index contributed by atoms with van der Waals surface area (Å²) in [6.07, 6.45) is 0. The molecule has 0 saturated heterocycles. The van der Waals surface area contributed by atoms with Gasteiger partial charge in [0.25, 0.3) is 0 Å². The molecule has 30 heavy (non-hydrogen) atoms. The second kappa shape index (κ2) is 11.7. The standard InChI is InChI=1S/C24H31FN2O2S/c1-17(2)13-26-24(29)19(4)27(14-21-10-5-6-11-22(21)25)23(28)16-30-15-20-9-7-8-18(3)12-20/h5-12,17,19H,13-16H2,1-4H3,(H,26,29)/t19-/m1/s1. The van der Waals surface area contributed by atoms with Gasteiger partial charge in [-0.3, -0.25) is 9.59 Å². The van der Waals surface area contributed by atoms with E-state index in [1.165, 1.54) is 28.3 Å². The molecule has 0 aromatic heterocycles. The molecule has 2 aromatic rings. The van der Waals surface area contributed by atoms with Crippen LogP contribution in [-0.2, 0) is 21.9 Å². The van der Waals surface area contributed by atoms with Gasteiger partial charge in [-0.15, -0.1) is 11.8 Å². The molecule has 0 bridgehead atoms. The molecule has 0 fully saturated rings. The Balaban J connectivity index is 2.07. The number of hydrogen-bond acceptors (Lipinski definition) is 3. The summed E-state index contributed by atoms with van der Waals surface area (Å²) in [5, 5.41) is 2.87. The predicted molar refractivity (Wildman–Crippen MR) is 122 cm³/mol. The first-order valence-electron chi connectivity index (χ1n) is 10.2. The third-order valence-electron chi connectivity index (χ3n) is 4.73. The number of carbonyl (C=O) groups excluding carboxylic acids is 2. The predicted octanol–water partition coefficient (Wildman–Crippen LogP) is 4.56. The molecule has 0 aliphatic heterocycles. The van der Waals surface area contributed by atoms with Gasteiger partial charge in [-0.2, -0.15) is 0 Å². The van der Waals surface area contributed by atoms with E-state index in [2.05, 4.69) is 11.4 Å². The Morgan fingerprint density at radius 3 is 2.50 bits per heavy atom. The summed E-state index contributed by atoms with van der Waals surface area (Å²) in [7, 11) is 0. The van der Waals surface area contributed by atoms with E-state index in [1.54, 1.807) is 25.1 Å². The molecule has 0 aliphatic carbocycles. The maximum absolute atomic E-state index is 14.2. The fourth-order valence-electron chi connectivity index (χ4n) is 2.99. The zero-order valence-corrected chi connectivity index (χ0v) is 19.0. The van der Waals surface area contributed by atoms with Crippen LogP contribution in [0, 0.1) is 18.7 Å². The van der Waals surface area contributed by atoms with Gasteiger partial charge in [-0.05, 0) is 31.4 Å². The number of rotatable bonds is 10. The van der Waals surface area contributed by atoms with Crippen LogP contribution in [0.25, 0.3) is 0 Å². The van der Waals surface area contributed by atoms with Crippen LogP contribution in [-0.4, -0.2) is 35.1 Å². The number of nitrogens with one attached hydrogen (secondary N) is 1. The third-order valence-corrected chi connectivity index (χ3v) is 5.72. The van der Waals surface area contributed by atoms with Crippen molar-refractivity contribution < 1.29 is 14.0 Å². The minimum Gasteiger partial charge on any atom is -0.354 e. The number of thioether (sulfide) groups is 1. The summed E-state index contributed by atoms with van der Waals surface area (Å²) >= 11 is 1.50. The molecule has 0 saturated carbocycles. The summed E-state index contributed by atoms with van der Waals surface area (Å²) < 4.78 is 14.2. The zero-order chi connectivity index (χ0) is 22.1. The summed E-state index contributed by atoms with van der Waals surface area (Å²) in [6, 6.07) is 13.8. The number of carbonyl (C=O) groups is 2. The Bertz CT molecular complexity index is 857. The second-order valence-electron chi connectivity index (χ2n) is 7.91.